The van der Waals surface area contributed by atoms with Crippen LogP contribution in [0.1, 0.15) is 0 Å². The molecule has 0 radical (unpaired) electrons. The van der Waals surface area contributed by atoms with Crippen molar-refractivity contribution < 1.29 is 0 Å². The van der Waals surface area contributed by atoms with Crippen molar-refractivity contribution in [1.29, 1.82) is 0 Å². The largest absolute Gasteiger partial charge is 0.383 e. The van der Waals surface area contributed by atoms with Gasteiger partial charge in [-0.2, -0.15) is 0 Å². The lowest BCUT2D eigenvalue weighted by Gasteiger charge is -1.98. The summed E-state index contributed by atoms with van der Waals surface area (Å²) in [6.07, 6.45) is 0. The zero-order valence-electron chi connectivity index (χ0n) is 4.23. The van der Waals surface area contributed by atoms with Gasteiger partial charge in [0.15, 0.2) is 0 Å². The van der Waals surface area contributed by atoms with Crippen molar-refractivity contribution in [2.24, 2.45) is 17.2 Å². The highest BCUT2D eigenvalue weighted by Crippen LogP contribution is 1.69. The fraction of sp³-hybridized carbons (Fsp3) is 0.333. The summed E-state index contributed by atoms with van der Waals surface area (Å²) in [5.74, 6) is 0.447. The third-order valence-corrected chi connectivity index (χ3v) is 0.580. The van der Waals surface area contributed by atoms with E-state index in [1.54, 1.807) is 7.05 Å². The zero-order chi connectivity index (χ0) is 5.86. The van der Waals surface area contributed by atoms with E-state index in [4.69, 9.17) is 17.2 Å². The predicted molar refractivity (Wildman–Crippen MR) is 28.6 cm³/mol. The highest BCUT2D eigenvalue weighted by atomic mass is 15.0. The molecule has 7 heavy (non-hydrogen) atoms. The summed E-state index contributed by atoms with van der Waals surface area (Å²) < 4.78 is 0. The maximum absolute atomic E-state index is 5.13. The molecule has 0 aliphatic heterocycles. The molecule has 42 valence electrons. The Bertz CT molecular complexity index is 80.9. The molecule has 0 atom stereocenters. The Kier molecular flexibility index (Phi) is 1.84. The van der Waals surface area contributed by atoms with Gasteiger partial charge in [0, 0.05) is 7.05 Å². The van der Waals surface area contributed by atoms with Crippen LogP contribution >= 0.6 is 0 Å². The minimum atomic E-state index is 0.127. The van der Waals surface area contributed by atoms with E-state index in [2.05, 4.69) is 5.32 Å². The second-order valence-corrected chi connectivity index (χ2v) is 1.12. The van der Waals surface area contributed by atoms with Gasteiger partial charge in [-0.3, -0.25) is 0 Å². The van der Waals surface area contributed by atoms with Gasteiger partial charge in [-0.15, -0.1) is 0 Å². The molecular weight excluding hydrogens is 92.1 g/mol. The molecule has 0 saturated heterocycles. The van der Waals surface area contributed by atoms with Gasteiger partial charge >= 0.3 is 0 Å². The summed E-state index contributed by atoms with van der Waals surface area (Å²) >= 11 is 0. The molecule has 0 bridgehead atoms. The fourth-order valence-electron chi connectivity index (χ4n) is 0.144. The van der Waals surface area contributed by atoms with Crippen LogP contribution in [0.15, 0.2) is 11.6 Å². The smallest absolute Gasteiger partial charge is 0.137 e. The van der Waals surface area contributed by atoms with Crippen molar-refractivity contribution in [1.82, 2.24) is 5.32 Å². The summed E-state index contributed by atoms with van der Waals surface area (Å²) in [5, 5.41) is 2.57. The van der Waals surface area contributed by atoms with Crippen LogP contribution in [0.4, 0.5) is 0 Å². The summed E-state index contributed by atoms with van der Waals surface area (Å²) in [6, 6.07) is 0. The van der Waals surface area contributed by atoms with E-state index in [-0.39, 0.29) is 5.82 Å². The monoisotopic (exact) mass is 102 g/mol. The summed E-state index contributed by atoms with van der Waals surface area (Å²) in [7, 11) is 1.65. The second kappa shape index (κ2) is 2.17. The minimum absolute atomic E-state index is 0.127. The number of nitrogens with one attached hydrogen (secondary N) is 1. The first-order chi connectivity index (χ1) is 3.18. The zero-order valence-corrected chi connectivity index (χ0v) is 4.23. The van der Waals surface area contributed by atoms with Crippen LogP contribution in [-0.4, -0.2) is 7.05 Å². The Labute approximate surface area is 42.3 Å². The van der Waals surface area contributed by atoms with Crippen LogP contribution < -0.4 is 22.5 Å². The van der Waals surface area contributed by atoms with Crippen LogP contribution in [0.2, 0.25) is 0 Å². The topological polar surface area (TPSA) is 90.1 Å². The molecule has 0 aromatic rings. The van der Waals surface area contributed by atoms with Gasteiger partial charge in [-0.1, -0.05) is 0 Å². The van der Waals surface area contributed by atoms with E-state index in [0.717, 1.165) is 0 Å². The summed E-state index contributed by atoms with van der Waals surface area (Å²) in [5.41, 5.74) is 15.2. The number of rotatable bonds is 1. The number of nitrogens with two attached hydrogens (primary N) is 3. The van der Waals surface area contributed by atoms with Gasteiger partial charge in [0.1, 0.15) is 11.6 Å². The van der Waals surface area contributed by atoms with Crippen molar-refractivity contribution in [3.05, 3.63) is 11.6 Å². The van der Waals surface area contributed by atoms with Crippen molar-refractivity contribution in [3.63, 3.8) is 0 Å². The minimum Gasteiger partial charge on any atom is -0.383 e. The lowest BCUT2D eigenvalue weighted by atomic mass is 10.7. The van der Waals surface area contributed by atoms with Crippen LogP contribution in [0.25, 0.3) is 0 Å². The Balaban J connectivity index is 3.72. The molecule has 0 heterocycles. The van der Waals surface area contributed by atoms with Crippen LogP contribution in [0.5, 0.6) is 0 Å². The van der Waals surface area contributed by atoms with Crippen LogP contribution in [-0.2, 0) is 0 Å². The summed E-state index contributed by atoms with van der Waals surface area (Å²) in [4.78, 5) is 0. The molecular formula is C3H10N4. The molecule has 0 spiro atoms. The van der Waals surface area contributed by atoms with Crippen molar-refractivity contribution >= 4 is 0 Å². The third-order valence-electron chi connectivity index (χ3n) is 0.580. The molecule has 0 aliphatic rings. The van der Waals surface area contributed by atoms with E-state index in [9.17, 15) is 0 Å². The molecule has 0 amide bonds. The van der Waals surface area contributed by atoms with Gasteiger partial charge < -0.3 is 22.5 Å². The molecule has 0 aliphatic carbocycles. The van der Waals surface area contributed by atoms with Crippen molar-refractivity contribution in [2.75, 3.05) is 7.05 Å². The first-order valence-corrected chi connectivity index (χ1v) is 1.87. The normalized spacial score (nSPS) is 7.57. The van der Waals surface area contributed by atoms with E-state index < -0.39 is 0 Å². The van der Waals surface area contributed by atoms with Gasteiger partial charge in [0.25, 0.3) is 0 Å². The molecule has 0 aromatic heterocycles. The molecule has 0 unspecified atom stereocenters. The predicted octanol–water partition coefficient (Wildman–Crippen LogP) is -1.79. The van der Waals surface area contributed by atoms with Gasteiger partial charge in [0.2, 0.25) is 0 Å². The highest BCUT2D eigenvalue weighted by molar-refractivity contribution is 4.99. The van der Waals surface area contributed by atoms with E-state index >= 15 is 0 Å². The first-order valence-electron chi connectivity index (χ1n) is 1.87. The van der Waals surface area contributed by atoms with Crippen molar-refractivity contribution in [3.8, 4) is 0 Å². The molecule has 0 saturated carbocycles. The Morgan fingerprint density at radius 2 is 1.71 bits per heavy atom. The van der Waals surface area contributed by atoms with Crippen molar-refractivity contribution in [2.45, 2.75) is 0 Å². The van der Waals surface area contributed by atoms with Gasteiger partial charge in [-0.05, 0) is 0 Å². The lowest BCUT2D eigenvalue weighted by molar-refractivity contribution is 0.917. The van der Waals surface area contributed by atoms with E-state index in [0.29, 0.717) is 5.82 Å². The Morgan fingerprint density at radius 3 is 1.71 bits per heavy atom. The Morgan fingerprint density at radius 1 is 1.29 bits per heavy atom. The van der Waals surface area contributed by atoms with Gasteiger partial charge in [-0.25, -0.2) is 0 Å². The van der Waals surface area contributed by atoms with Gasteiger partial charge in [0.05, 0.1) is 0 Å². The molecule has 0 fully saturated rings. The van der Waals surface area contributed by atoms with E-state index in [1.807, 2.05) is 0 Å². The highest BCUT2D eigenvalue weighted by Gasteiger charge is 1.83. The maximum Gasteiger partial charge on any atom is 0.137 e. The molecule has 0 rings (SSSR count). The second-order valence-electron chi connectivity index (χ2n) is 1.12. The Hall–Kier alpha value is -1.06. The SMILES string of the molecule is CNC(N)=C(N)N. The molecule has 7 N–H and O–H groups in total. The maximum atomic E-state index is 5.13. The number of hydrogen-bond donors (Lipinski definition) is 4. The average Bonchev–Trinajstić information content (AvgIpc) is 1.65. The summed E-state index contributed by atoms with van der Waals surface area (Å²) in [6.45, 7) is 0. The number of hydrogen-bond acceptors (Lipinski definition) is 4. The standard InChI is InChI=1S/C3H10N4/c1-7-3(6)2(4)5/h7H,4-6H2,1H3. The quantitative estimate of drug-likeness (QED) is 0.315. The van der Waals surface area contributed by atoms with E-state index in [1.165, 1.54) is 0 Å². The van der Waals surface area contributed by atoms with Crippen LogP contribution in [0.3, 0.4) is 0 Å². The third kappa shape index (κ3) is 1.75. The molecule has 4 nitrogen and oxygen atoms in total. The molecule has 4 heteroatoms. The first kappa shape index (κ1) is 5.94. The molecule has 0 aromatic carbocycles. The average molecular weight is 102 g/mol. The lowest BCUT2D eigenvalue weighted by Crippen LogP contribution is -2.25. The van der Waals surface area contributed by atoms with Crippen LogP contribution in [0, 0.1) is 0 Å². The fourth-order valence-corrected chi connectivity index (χ4v) is 0.144.